The van der Waals surface area contributed by atoms with E-state index in [1.165, 1.54) is 6.21 Å². The second kappa shape index (κ2) is 7.21. The number of carbonyl (C=O) groups excluding carboxylic acids is 2. The van der Waals surface area contributed by atoms with Gasteiger partial charge in [0.25, 0.3) is 0 Å². The molecule has 24 heavy (non-hydrogen) atoms. The van der Waals surface area contributed by atoms with Gasteiger partial charge in [-0.1, -0.05) is 6.92 Å². The molecule has 1 aromatic carbocycles. The Morgan fingerprint density at radius 3 is 2.67 bits per heavy atom. The normalized spacial score (nSPS) is 17.3. The van der Waals surface area contributed by atoms with Crippen LogP contribution in [-0.2, 0) is 9.59 Å². The summed E-state index contributed by atoms with van der Waals surface area (Å²) in [5.74, 6) is 0.599. The number of carbonyl (C=O) groups is 2. The fraction of sp³-hybridized carbons (Fsp3) is 0.438. The molecule has 2 aliphatic rings. The van der Waals surface area contributed by atoms with Gasteiger partial charge in [0.1, 0.15) is 0 Å². The molecule has 1 aromatic rings. The Hall–Kier alpha value is -2.09. The third kappa shape index (κ3) is 3.69. The van der Waals surface area contributed by atoms with Gasteiger partial charge in [0, 0.05) is 23.1 Å². The fourth-order valence-electron chi connectivity index (χ4n) is 2.60. The molecule has 7 nitrogen and oxygen atoms in total. The molecule has 0 bridgehead atoms. The first kappa shape index (κ1) is 16.8. The molecule has 0 spiro atoms. The first-order valence-corrected chi connectivity index (χ1v) is 8.55. The molecule has 0 atom stereocenters. The van der Waals surface area contributed by atoms with Gasteiger partial charge in [0.05, 0.1) is 6.21 Å². The zero-order valence-electron chi connectivity index (χ0n) is 13.3. The minimum atomic E-state index is -0.724. The van der Waals surface area contributed by atoms with E-state index >= 15 is 0 Å². The van der Waals surface area contributed by atoms with Crippen molar-refractivity contribution in [3.8, 4) is 11.5 Å². The molecular formula is C16H18BrN3O4. The summed E-state index contributed by atoms with van der Waals surface area (Å²) < 4.78 is 11.3. The zero-order chi connectivity index (χ0) is 17.1. The number of hydrogen-bond acceptors (Lipinski definition) is 5. The van der Waals surface area contributed by atoms with Gasteiger partial charge in [-0.2, -0.15) is 5.10 Å². The number of rotatable bonds is 2. The molecular weight excluding hydrogens is 378 g/mol. The summed E-state index contributed by atoms with van der Waals surface area (Å²) in [5, 5.41) is 3.86. The summed E-state index contributed by atoms with van der Waals surface area (Å²) in [5.41, 5.74) is 2.99. The minimum absolute atomic E-state index is 0.183. The molecule has 1 N–H and O–H groups in total. The average Bonchev–Trinajstić information content (AvgIpc) is 3.02. The largest absolute Gasteiger partial charge is 0.454 e. The Morgan fingerprint density at radius 1 is 1.29 bits per heavy atom. The van der Waals surface area contributed by atoms with E-state index < -0.39 is 11.8 Å². The van der Waals surface area contributed by atoms with E-state index in [-0.39, 0.29) is 6.79 Å². The maximum atomic E-state index is 12.1. The number of hydrogen-bond donors (Lipinski definition) is 1. The van der Waals surface area contributed by atoms with Crippen molar-refractivity contribution in [1.29, 1.82) is 0 Å². The summed E-state index contributed by atoms with van der Waals surface area (Å²) in [6, 6.07) is 3.52. The summed E-state index contributed by atoms with van der Waals surface area (Å²) in [4.78, 5) is 25.5. The highest BCUT2D eigenvalue weighted by atomic mass is 79.9. The van der Waals surface area contributed by atoms with Crippen LogP contribution in [0.2, 0.25) is 0 Å². The maximum absolute atomic E-state index is 12.1. The lowest BCUT2D eigenvalue weighted by Gasteiger charge is -2.29. The van der Waals surface area contributed by atoms with Crippen LogP contribution in [0.3, 0.4) is 0 Å². The van der Waals surface area contributed by atoms with Crippen molar-refractivity contribution in [3.63, 3.8) is 0 Å². The topological polar surface area (TPSA) is 80.2 Å². The smallest absolute Gasteiger partial charge is 0.329 e. The minimum Gasteiger partial charge on any atom is -0.454 e. The van der Waals surface area contributed by atoms with Crippen molar-refractivity contribution < 1.29 is 19.1 Å². The van der Waals surface area contributed by atoms with Gasteiger partial charge in [-0.25, -0.2) is 5.43 Å². The number of piperidine rings is 1. The molecule has 0 aliphatic carbocycles. The molecule has 128 valence electrons. The van der Waals surface area contributed by atoms with Crippen molar-refractivity contribution >= 4 is 34.0 Å². The Balaban J connectivity index is 1.58. The fourth-order valence-corrected chi connectivity index (χ4v) is 3.02. The van der Waals surface area contributed by atoms with Crippen molar-refractivity contribution in [3.05, 3.63) is 22.2 Å². The molecule has 2 amide bonds. The summed E-state index contributed by atoms with van der Waals surface area (Å²) in [6.07, 6.45) is 3.30. The number of ether oxygens (including phenoxy) is 2. The van der Waals surface area contributed by atoms with Crippen molar-refractivity contribution in [2.45, 2.75) is 19.8 Å². The van der Waals surface area contributed by atoms with Gasteiger partial charge in [-0.05, 0) is 46.8 Å². The number of nitrogens with zero attached hydrogens (tertiary/aromatic N) is 2. The number of nitrogens with one attached hydrogen (secondary N) is 1. The van der Waals surface area contributed by atoms with Crippen LogP contribution in [0, 0.1) is 5.92 Å². The highest BCUT2D eigenvalue weighted by Gasteiger charge is 2.25. The van der Waals surface area contributed by atoms with Crippen LogP contribution >= 0.6 is 15.9 Å². The molecule has 3 rings (SSSR count). The monoisotopic (exact) mass is 395 g/mol. The van der Waals surface area contributed by atoms with E-state index in [1.807, 2.05) is 0 Å². The molecule has 0 aromatic heterocycles. The Labute approximate surface area is 148 Å². The van der Waals surface area contributed by atoms with E-state index in [9.17, 15) is 9.59 Å². The second-order valence-electron chi connectivity index (χ2n) is 5.90. The molecule has 1 fully saturated rings. The van der Waals surface area contributed by atoms with E-state index in [0.717, 1.165) is 17.3 Å². The van der Waals surface area contributed by atoms with Crippen molar-refractivity contribution in [2.75, 3.05) is 19.9 Å². The Morgan fingerprint density at radius 2 is 1.96 bits per heavy atom. The summed E-state index contributed by atoms with van der Waals surface area (Å²) in [6.45, 7) is 3.56. The predicted octanol–water partition coefficient (Wildman–Crippen LogP) is 1.89. The number of likely N-dealkylation sites (tertiary alicyclic amines) is 1. The van der Waals surface area contributed by atoms with E-state index in [4.69, 9.17) is 9.47 Å². The quantitative estimate of drug-likeness (QED) is 0.471. The van der Waals surface area contributed by atoms with Crippen molar-refractivity contribution in [1.82, 2.24) is 10.3 Å². The van der Waals surface area contributed by atoms with Crippen LogP contribution in [0.5, 0.6) is 11.5 Å². The molecule has 0 radical (unpaired) electrons. The molecule has 0 unspecified atom stereocenters. The lowest BCUT2D eigenvalue weighted by molar-refractivity contribution is -0.146. The predicted molar refractivity (Wildman–Crippen MR) is 91.0 cm³/mol. The molecule has 2 heterocycles. The third-order valence-corrected chi connectivity index (χ3v) is 4.81. The zero-order valence-corrected chi connectivity index (χ0v) is 14.8. The van der Waals surface area contributed by atoms with Gasteiger partial charge >= 0.3 is 11.8 Å². The lowest BCUT2D eigenvalue weighted by Crippen LogP contribution is -2.45. The number of benzene rings is 1. The van der Waals surface area contributed by atoms with Gasteiger partial charge in [0.15, 0.2) is 11.5 Å². The standard InChI is InChI=1S/C16H18BrN3O4/c1-10-2-4-20(5-3-10)16(22)15(21)19-18-8-11-6-13-14(7-12(11)17)24-9-23-13/h6-8,10H,2-5,9H2,1H3,(H,19,21)/b18-8-. The first-order valence-electron chi connectivity index (χ1n) is 7.76. The van der Waals surface area contributed by atoms with E-state index in [1.54, 1.807) is 17.0 Å². The van der Waals surface area contributed by atoms with Crippen LogP contribution in [0.1, 0.15) is 25.3 Å². The molecule has 2 aliphatic heterocycles. The second-order valence-corrected chi connectivity index (χ2v) is 6.76. The van der Waals surface area contributed by atoms with Gasteiger partial charge in [-0.3, -0.25) is 9.59 Å². The first-order chi connectivity index (χ1) is 11.5. The van der Waals surface area contributed by atoms with Gasteiger partial charge in [0.2, 0.25) is 6.79 Å². The van der Waals surface area contributed by atoms with E-state index in [2.05, 4.69) is 33.4 Å². The Bertz CT molecular complexity index is 684. The van der Waals surface area contributed by atoms with Crippen LogP contribution in [0.25, 0.3) is 0 Å². The Kier molecular flexibility index (Phi) is 5.03. The molecule has 0 saturated carbocycles. The average molecular weight is 396 g/mol. The van der Waals surface area contributed by atoms with Gasteiger partial charge < -0.3 is 14.4 Å². The lowest BCUT2D eigenvalue weighted by atomic mass is 9.99. The van der Waals surface area contributed by atoms with E-state index in [0.29, 0.717) is 36.1 Å². The number of hydrazone groups is 1. The number of fused-ring (bicyclic) bond motifs is 1. The summed E-state index contributed by atoms with van der Waals surface area (Å²) >= 11 is 3.40. The molecule has 1 saturated heterocycles. The maximum Gasteiger partial charge on any atom is 0.329 e. The molecule has 8 heteroatoms. The summed E-state index contributed by atoms with van der Waals surface area (Å²) in [7, 11) is 0. The van der Waals surface area contributed by atoms with Crippen LogP contribution in [-0.4, -0.2) is 42.8 Å². The van der Waals surface area contributed by atoms with Crippen LogP contribution in [0.15, 0.2) is 21.7 Å². The SMILES string of the molecule is CC1CCN(C(=O)C(=O)N/N=C\c2cc3c(cc2Br)OCO3)CC1. The van der Waals surface area contributed by atoms with Crippen molar-refractivity contribution in [2.24, 2.45) is 11.0 Å². The number of halogens is 1. The highest BCUT2D eigenvalue weighted by Crippen LogP contribution is 2.36. The van der Waals surface area contributed by atoms with Gasteiger partial charge in [-0.15, -0.1) is 0 Å². The van der Waals surface area contributed by atoms with Crippen LogP contribution < -0.4 is 14.9 Å². The number of amides is 2. The highest BCUT2D eigenvalue weighted by molar-refractivity contribution is 9.10. The third-order valence-electron chi connectivity index (χ3n) is 4.13. The van der Waals surface area contributed by atoms with Crippen LogP contribution in [0.4, 0.5) is 0 Å².